The summed E-state index contributed by atoms with van der Waals surface area (Å²) in [6.07, 6.45) is 5.59. The van der Waals surface area contributed by atoms with Gasteiger partial charge in [0.05, 0.1) is 23.9 Å². The van der Waals surface area contributed by atoms with Crippen molar-refractivity contribution in [2.75, 3.05) is 7.11 Å². The number of methoxy groups -OCH3 is 1. The lowest BCUT2D eigenvalue weighted by Crippen LogP contribution is -2.06. The van der Waals surface area contributed by atoms with E-state index in [-0.39, 0.29) is 11.2 Å². The van der Waals surface area contributed by atoms with Gasteiger partial charge < -0.3 is 4.74 Å². The quantitative estimate of drug-likeness (QED) is 0.224. The third-order valence-corrected chi connectivity index (χ3v) is 6.32. The summed E-state index contributed by atoms with van der Waals surface area (Å²) in [5.74, 6) is -0.307. The third-order valence-electron chi connectivity index (χ3n) is 5.53. The number of esters is 1. The maximum absolute atomic E-state index is 12.0. The van der Waals surface area contributed by atoms with Gasteiger partial charge in [-0.3, -0.25) is 0 Å². The summed E-state index contributed by atoms with van der Waals surface area (Å²) in [6, 6.07) is 25.6. The molecule has 3 aromatic carbocycles. The highest BCUT2D eigenvalue weighted by Gasteiger charge is 2.13. The van der Waals surface area contributed by atoms with Crippen LogP contribution in [-0.2, 0) is 11.2 Å². The zero-order valence-electron chi connectivity index (χ0n) is 18.2. The summed E-state index contributed by atoms with van der Waals surface area (Å²) >= 11 is 10.9. The van der Waals surface area contributed by atoms with Crippen molar-refractivity contribution in [3.8, 4) is 0 Å². The topological polar surface area (TPSA) is 39.2 Å². The van der Waals surface area contributed by atoms with Crippen molar-refractivity contribution >= 4 is 53.3 Å². The first-order valence-electron chi connectivity index (χ1n) is 10.7. The van der Waals surface area contributed by atoms with Crippen LogP contribution in [0.1, 0.15) is 44.4 Å². The number of rotatable bonds is 7. The van der Waals surface area contributed by atoms with Crippen molar-refractivity contribution in [2.24, 2.45) is 0 Å². The van der Waals surface area contributed by atoms with Crippen molar-refractivity contribution in [1.82, 2.24) is 4.98 Å². The van der Waals surface area contributed by atoms with Crippen LogP contribution in [0.3, 0.4) is 0 Å². The van der Waals surface area contributed by atoms with Crippen molar-refractivity contribution in [3.05, 3.63) is 112 Å². The number of fused-ring (bicyclic) bond motifs is 1. The lowest BCUT2D eigenvalue weighted by molar-refractivity contribution is 0.0599. The number of halogens is 1. The molecular weight excluding hydrogens is 450 g/mol. The molecule has 33 heavy (non-hydrogen) atoms. The van der Waals surface area contributed by atoms with Crippen molar-refractivity contribution < 1.29 is 9.53 Å². The van der Waals surface area contributed by atoms with Gasteiger partial charge in [-0.05, 0) is 59.9 Å². The Bertz CT molecular complexity index is 1320. The van der Waals surface area contributed by atoms with E-state index >= 15 is 0 Å². The molecule has 0 radical (unpaired) electrons. The first-order valence-corrected chi connectivity index (χ1v) is 11.6. The molecule has 4 aromatic rings. The molecule has 0 bridgehead atoms. The normalized spacial score (nSPS) is 12.2. The third kappa shape index (κ3) is 5.84. The number of carbonyl (C=O) groups is 1. The van der Waals surface area contributed by atoms with Crippen LogP contribution in [0.5, 0.6) is 0 Å². The summed E-state index contributed by atoms with van der Waals surface area (Å²) in [5.41, 5.74) is 5.55. The predicted octanol–water partition coefficient (Wildman–Crippen LogP) is 7.45. The Morgan fingerprint density at radius 2 is 1.85 bits per heavy atom. The van der Waals surface area contributed by atoms with Gasteiger partial charge in [-0.15, -0.1) is 0 Å². The van der Waals surface area contributed by atoms with E-state index < -0.39 is 0 Å². The molecule has 1 heterocycles. The number of carbonyl (C=O) groups excluding carboxylic acids is 1. The molecule has 0 fully saturated rings. The van der Waals surface area contributed by atoms with Crippen LogP contribution < -0.4 is 0 Å². The smallest absolute Gasteiger partial charge is 0.338 e. The minimum atomic E-state index is -0.307. The number of hydrogen-bond acceptors (Lipinski definition) is 4. The first-order chi connectivity index (χ1) is 16.0. The fraction of sp³-hybridized carbons (Fsp3) is 0.143. The molecule has 1 aromatic heterocycles. The van der Waals surface area contributed by atoms with E-state index in [1.54, 1.807) is 6.07 Å². The van der Waals surface area contributed by atoms with Crippen LogP contribution in [0.25, 0.3) is 23.1 Å². The lowest BCUT2D eigenvalue weighted by Gasteiger charge is -2.13. The van der Waals surface area contributed by atoms with Gasteiger partial charge in [-0.1, -0.05) is 72.3 Å². The van der Waals surface area contributed by atoms with E-state index in [0.29, 0.717) is 10.6 Å². The second-order valence-electron chi connectivity index (χ2n) is 7.78. The second kappa shape index (κ2) is 10.7. The van der Waals surface area contributed by atoms with Crippen LogP contribution in [0.15, 0.2) is 78.9 Å². The molecule has 0 aliphatic carbocycles. The average molecular weight is 474 g/mol. The molecule has 0 spiro atoms. The van der Waals surface area contributed by atoms with Crippen LogP contribution >= 0.6 is 24.2 Å². The van der Waals surface area contributed by atoms with E-state index in [0.717, 1.165) is 46.1 Å². The van der Waals surface area contributed by atoms with Gasteiger partial charge in [-0.25, -0.2) is 9.78 Å². The summed E-state index contributed by atoms with van der Waals surface area (Å²) < 4.78 is 4.90. The van der Waals surface area contributed by atoms with E-state index in [1.165, 1.54) is 7.11 Å². The van der Waals surface area contributed by atoms with Crippen molar-refractivity contribution in [3.63, 3.8) is 0 Å². The molecule has 0 saturated carbocycles. The maximum Gasteiger partial charge on any atom is 0.338 e. The van der Waals surface area contributed by atoms with Gasteiger partial charge in [0.2, 0.25) is 0 Å². The molecule has 3 nitrogen and oxygen atoms in total. The number of benzene rings is 3. The summed E-state index contributed by atoms with van der Waals surface area (Å²) in [7, 11) is 1.40. The Balaban J connectivity index is 1.46. The molecule has 5 heteroatoms. The molecule has 1 atom stereocenters. The molecule has 0 aliphatic heterocycles. The highest BCUT2D eigenvalue weighted by Crippen LogP contribution is 2.28. The van der Waals surface area contributed by atoms with Gasteiger partial charge in [0.1, 0.15) is 0 Å². The monoisotopic (exact) mass is 473 g/mol. The molecule has 0 N–H and O–H groups in total. The summed E-state index contributed by atoms with van der Waals surface area (Å²) in [4.78, 5) is 16.7. The average Bonchev–Trinajstić information content (AvgIpc) is 2.85. The SMILES string of the molecule is COC(=O)c1ccccc1CC[C@@H](S)c1cccc(C=Cc2ccc3ccc(Cl)cc3n2)c1. The van der Waals surface area contributed by atoms with Crippen LogP contribution in [-0.4, -0.2) is 18.1 Å². The molecule has 0 saturated heterocycles. The van der Waals surface area contributed by atoms with E-state index in [1.807, 2.05) is 60.7 Å². The van der Waals surface area contributed by atoms with E-state index in [9.17, 15) is 4.79 Å². The number of pyridine rings is 1. The van der Waals surface area contributed by atoms with E-state index in [4.69, 9.17) is 29.0 Å². The largest absolute Gasteiger partial charge is 0.465 e. The fourth-order valence-electron chi connectivity index (χ4n) is 3.76. The highest BCUT2D eigenvalue weighted by molar-refractivity contribution is 7.80. The van der Waals surface area contributed by atoms with Gasteiger partial charge >= 0.3 is 5.97 Å². The van der Waals surface area contributed by atoms with Crippen molar-refractivity contribution in [1.29, 1.82) is 0 Å². The zero-order valence-corrected chi connectivity index (χ0v) is 19.9. The molecule has 0 amide bonds. The minimum Gasteiger partial charge on any atom is -0.465 e. The highest BCUT2D eigenvalue weighted by atomic mass is 35.5. The molecule has 166 valence electrons. The summed E-state index contributed by atoms with van der Waals surface area (Å²) in [6.45, 7) is 0. The standard InChI is InChI=1S/C28H24ClNO2S/c1-32-28(31)25-8-3-2-6-20(25)12-16-27(33)22-7-4-5-19(17-22)9-14-24-15-11-21-10-13-23(29)18-26(21)30-24/h2-11,13-15,17-18,27,33H,12,16H2,1H3/t27-/m1/s1. The van der Waals surface area contributed by atoms with Crippen LogP contribution in [0.4, 0.5) is 0 Å². The second-order valence-corrected chi connectivity index (χ2v) is 8.84. The Morgan fingerprint density at radius 3 is 2.70 bits per heavy atom. The number of thiol groups is 1. The van der Waals surface area contributed by atoms with Gasteiger partial charge in [-0.2, -0.15) is 12.6 Å². The predicted molar refractivity (Wildman–Crippen MR) is 140 cm³/mol. The number of ether oxygens (including phenoxy) is 1. The van der Waals surface area contributed by atoms with Gasteiger partial charge in [0.25, 0.3) is 0 Å². The number of hydrogen-bond donors (Lipinski definition) is 1. The fourth-order valence-corrected chi connectivity index (χ4v) is 4.21. The van der Waals surface area contributed by atoms with Gasteiger partial charge in [0, 0.05) is 15.7 Å². The maximum atomic E-state index is 12.0. The van der Waals surface area contributed by atoms with Crippen LogP contribution in [0.2, 0.25) is 5.02 Å². The van der Waals surface area contributed by atoms with Crippen molar-refractivity contribution in [2.45, 2.75) is 18.1 Å². The molecule has 0 unspecified atom stereocenters. The number of nitrogens with zero attached hydrogens (tertiary/aromatic N) is 1. The number of aryl methyl sites for hydroxylation is 1. The Labute approximate surface area is 204 Å². The molecule has 0 aliphatic rings. The summed E-state index contributed by atoms with van der Waals surface area (Å²) in [5, 5.41) is 1.79. The van der Waals surface area contributed by atoms with E-state index in [2.05, 4.69) is 29.3 Å². The van der Waals surface area contributed by atoms with Gasteiger partial charge in [0.15, 0.2) is 0 Å². The Kier molecular flexibility index (Phi) is 7.48. The molecular formula is C28H24ClNO2S. The first kappa shape index (κ1) is 23.1. The number of aromatic nitrogens is 1. The minimum absolute atomic E-state index is 0.0463. The van der Waals surface area contributed by atoms with Crippen LogP contribution in [0, 0.1) is 0 Å². The lowest BCUT2D eigenvalue weighted by atomic mass is 9.98. The Morgan fingerprint density at radius 1 is 1.03 bits per heavy atom. The zero-order chi connectivity index (χ0) is 23.2. The Hall–Kier alpha value is -3.08. The molecule has 4 rings (SSSR count).